The maximum Gasteiger partial charge on any atom is 0.303 e. The number of hydrogen-bond acceptors (Lipinski definition) is 3. The Bertz CT molecular complexity index is 793. The Hall–Kier alpha value is -2.93. The SMILES string of the molecule is NC(=S)Nc1cccc(C(=O)NCc2cccc(CCC(=O)O)c2)c1. The highest BCUT2D eigenvalue weighted by Crippen LogP contribution is 2.11. The highest BCUT2D eigenvalue weighted by molar-refractivity contribution is 7.80. The van der Waals surface area contributed by atoms with Crippen LogP contribution >= 0.6 is 12.2 Å². The third-order valence-electron chi connectivity index (χ3n) is 3.46. The van der Waals surface area contributed by atoms with E-state index in [1.807, 2.05) is 24.3 Å². The van der Waals surface area contributed by atoms with E-state index in [1.165, 1.54) is 0 Å². The molecule has 0 saturated carbocycles. The van der Waals surface area contributed by atoms with Gasteiger partial charge in [0.05, 0.1) is 0 Å². The molecule has 2 rings (SSSR count). The summed E-state index contributed by atoms with van der Waals surface area (Å²) in [6, 6.07) is 14.4. The van der Waals surface area contributed by atoms with Crippen LogP contribution in [0.1, 0.15) is 27.9 Å². The second-order valence-corrected chi connectivity index (χ2v) is 5.91. The second-order valence-electron chi connectivity index (χ2n) is 5.47. The van der Waals surface area contributed by atoms with Crippen LogP contribution in [0.3, 0.4) is 0 Å². The van der Waals surface area contributed by atoms with Gasteiger partial charge in [-0.05, 0) is 48.0 Å². The number of carboxylic acid groups (broad SMARTS) is 1. The van der Waals surface area contributed by atoms with E-state index >= 15 is 0 Å². The van der Waals surface area contributed by atoms with Crippen molar-refractivity contribution in [1.82, 2.24) is 5.32 Å². The van der Waals surface area contributed by atoms with E-state index in [9.17, 15) is 9.59 Å². The van der Waals surface area contributed by atoms with Gasteiger partial charge < -0.3 is 21.5 Å². The molecule has 0 aliphatic rings. The molecule has 0 heterocycles. The van der Waals surface area contributed by atoms with Gasteiger partial charge in [0.1, 0.15) is 0 Å². The summed E-state index contributed by atoms with van der Waals surface area (Å²) >= 11 is 4.78. The normalized spacial score (nSPS) is 10.1. The van der Waals surface area contributed by atoms with Gasteiger partial charge in [0.15, 0.2) is 5.11 Å². The minimum atomic E-state index is -0.829. The third kappa shape index (κ3) is 6.23. The quantitative estimate of drug-likeness (QED) is 0.567. The molecule has 0 bridgehead atoms. The van der Waals surface area contributed by atoms with Gasteiger partial charge in [0.25, 0.3) is 5.91 Å². The second kappa shape index (κ2) is 8.79. The van der Waals surface area contributed by atoms with Crippen molar-refractivity contribution < 1.29 is 14.7 Å². The Kier molecular flexibility index (Phi) is 6.47. The molecule has 0 radical (unpaired) electrons. The lowest BCUT2D eigenvalue weighted by Crippen LogP contribution is -2.23. The van der Waals surface area contributed by atoms with Crippen molar-refractivity contribution in [3.63, 3.8) is 0 Å². The summed E-state index contributed by atoms with van der Waals surface area (Å²) in [5.41, 5.74) is 8.40. The Morgan fingerprint density at radius 2 is 1.80 bits per heavy atom. The molecule has 0 atom stereocenters. The number of hydrogen-bond donors (Lipinski definition) is 4. The van der Waals surface area contributed by atoms with Crippen LogP contribution in [0.5, 0.6) is 0 Å². The van der Waals surface area contributed by atoms with E-state index < -0.39 is 5.97 Å². The minimum Gasteiger partial charge on any atom is -0.481 e. The first-order valence-corrected chi connectivity index (χ1v) is 8.09. The van der Waals surface area contributed by atoms with E-state index in [2.05, 4.69) is 10.6 Å². The number of benzene rings is 2. The molecule has 0 saturated heterocycles. The number of aryl methyl sites for hydroxylation is 1. The summed E-state index contributed by atoms with van der Waals surface area (Å²) in [5.74, 6) is -1.05. The van der Waals surface area contributed by atoms with Crippen LogP contribution in [0.25, 0.3) is 0 Å². The average Bonchev–Trinajstić information content (AvgIpc) is 2.58. The third-order valence-corrected chi connectivity index (χ3v) is 3.57. The summed E-state index contributed by atoms with van der Waals surface area (Å²) in [7, 11) is 0. The minimum absolute atomic E-state index is 0.0820. The number of nitrogens with one attached hydrogen (secondary N) is 2. The summed E-state index contributed by atoms with van der Waals surface area (Å²) in [4.78, 5) is 22.9. The molecule has 25 heavy (non-hydrogen) atoms. The van der Waals surface area contributed by atoms with Crippen molar-refractivity contribution in [1.29, 1.82) is 0 Å². The largest absolute Gasteiger partial charge is 0.481 e. The highest BCUT2D eigenvalue weighted by atomic mass is 32.1. The molecule has 130 valence electrons. The number of amides is 1. The molecular formula is C18H19N3O3S. The van der Waals surface area contributed by atoms with Crippen LogP contribution in [0.4, 0.5) is 5.69 Å². The first-order valence-electron chi connectivity index (χ1n) is 7.68. The molecule has 0 unspecified atom stereocenters. The monoisotopic (exact) mass is 357 g/mol. The predicted octanol–water partition coefficient (Wildman–Crippen LogP) is 2.29. The fourth-order valence-corrected chi connectivity index (χ4v) is 2.43. The Balaban J connectivity index is 1.96. The van der Waals surface area contributed by atoms with Gasteiger partial charge in [-0.2, -0.15) is 0 Å². The first kappa shape index (κ1) is 18.4. The maximum absolute atomic E-state index is 12.3. The fourth-order valence-electron chi connectivity index (χ4n) is 2.31. The smallest absolute Gasteiger partial charge is 0.303 e. The topological polar surface area (TPSA) is 104 Å². The molecule has 5 N–H and O–H groups in total. The van der Waals surface area contributed by atoms with E-state index in [4.69, 9.17) is 23.1 Å². The van der Waals surface area contributed by atoms with Gasteiger partial charge in [-0.15, -0.1) is 0 Å². The van der Waals surface area contributed by atoms with Gasteiger partial charge in [0, 0.05) is 24.2 Å². The lowest BCUT2D eigenvalue weighted by Gasteiger charge is -2.09. The van der Waals surface area contributed by atoms with E-state index in [0.29, 0.717) is 24.2 Å². The molecule has 6 nitrogen and oxygen atoms in total. The Morgan fingerprint density at radius 1 is 1.08 bits per heavy atom. The Labute approximate surface area is 151 Å². The van der Waals surface area contributed by atoms with Crippen LogP contribution in [-0.2, 0) is 17.8 Å². The van der Waals surface area contributed by atoms with Crippen molar-refractivity contribution in [3.8, 4) is 0 Å². The van der Waals surface area contributed by atoms with E-state index in [-0.39, 0.29) is 17.4 Å². The van der Waals surface area contributed by atoms with Crippen molar-refractivity contribution in [2.45, 2.75) is 19.4 Å². The molecule has 0 fully saturated rings. The van der Waals surface area contributed by atoms with Crippen LogP contribution in [0.15, 0.2) is 48.5 Å². The molecular weight excluding hydrogens is 338 g/mol. The van der Waals surface area contributed by atoms with Crippen LogP contribution in [0.2, 0.25) is 0 Å². The number of nitrogens with two attached hydrogens (primary N) is 1. The maximum atomic E-state index is 12.3. The number of anilines is 1. The molecule has 2 aromatic carbocycles. The lowest BCUT2D eigenvalue weighted by molar-refractivity contribution is -0.136. The van der Waals surface area contributed by atoms with Crippen LogP contribution in [0, 0.1) is 0 Å². The van der Waals surface area contributed by atoms with Crippen molar-refractivity contribution >= 4 is 34.9 Å². The Morgan fingerprint density at radius 3 is 2.52 bits per heavy atom. The van der Waals surface area contributed by atoms with Crippen molar-refractivity contribution in [3.05, 3.63) is 65.2 Å². The number of carboxylic acids is 1. The molecule has 0 spiro atoms. The number of thiocarbonyl (C=S) groups is 1. The van der Waals surface area contributed by atoms with E-state index in [0.717, 1.165) is 11.1 Å². The highest BCUT2D eigenvalue weighted by Gasteiger charge is 2.07. The molecule has 0 aliphatic heterocycles. The summed E-state index contributed by atoms with van der Waals surface area (Å²) in [6.07, 6.45) is 0.544. The molecule has 1 amide bonds. The van der Waals surface area contributed by atoms with Crippen molar-refractivity contribution in [2.75, 3.05) is 5.32 Å². The lowest BCUT2D eigenvalue weighted by atomic mass is 10.1. The standard InChI is InChI=1S/C18H19N3O3S/c19-18(25)21-15-6-2-5-14(10-15)17(24)20-11-13-4-1-3-12(9-13)7-8-16(22)23/h1-6,9-10H,7-8,11H2,(H,20,24)(H,22,23)(H3,19,21,25). The van der Waals surface area contributed by atoms with Gasteiger partial charge in [-0.3, -0.25) is 9.59 Å². The molecule has 7 heteroatoms. The number of carbonyl (C=O) groups is 2. The zero-order valence-electron chi connectivity index (χ0n) is 13.5. The number of carbonyl (C=O) groups excluding carboxylic acids is 1. The molecule has 0 aliphatic carbocycles. The summed E-state index contributed by atoms with van der Waals surface area (Å²) in [5, 5.41) is 14.5. The van der Waals surface area contributed by atoms with E-state index in [1.54, 1.807) is 24.3 Å². The van der Waals surface area contributed by atoms with Gasteiger partial charge in [-0.25, -0.2) is 0 Å². The molecule has 2 aromatic rings. The van der Waals surface area contributed by atoms with Gasteiger partial charge >= 0.3 is 5.97 Å². The molecule has 0 aromatic heterocycles. The summed E-state index contributed by atoms with van der Waals surface area (Å²) in [6.45, 7) is 0.354. The fraction of sp³-hybridized carbons (Fsp3) is 0.167. The van der Waals surface area contributed by atoms with Crippen LogP contribution in [-0.4, -0.2) is 22.1 Å². The average molecular weight is 357 g/mol. The zero-order chi connectivity index (χ0) is 18.2. The van der Waals surface area contributed by atoms with Gasteiger partial charge in [-0.1, -0.05) is 30.3 Å². The first-order chi connectivity index (χ1) is 11.9. The number of aliphatic carboxylic acids is 1. The summed E-state index contributed by atoms with van der Waals surface area (Å²) < 4.78 is 0. The predicted molar refractivity (Wildman–Crippen MR) is 100 cm³/mol. The number of rotatable bonds is 7. The van der Waals surface area contributed by atoms with Crippen molar-refractivity contribution in [2.24, 2.45) is 5.73 Å². The zero-order valence-corrected chi connectivity index (χ0v) is 14.3. The van der Waals surface area contributed by atoms with Crippen LogP contribution < -0.4 is 16.4 Å². The van der Waals surface area contributed by atoms with Gasteiger partial charge in [0.2, 0.25) is 0 Å².